The third kappa shape index (κ3) is 3.79. The first-order chi connectivity index (χ1) is 12.7. The van der Waals surface area contributed by atoms with Crippen molar-refractivity contribution in [2.24, 2.45) is 0 Å². The van der Waals surface area contributed by atoms with E-state index >= 15 is 0 Å². The van der Waals surface area contributed by atoms with Crippen molar-refractivity contribution < 1.29 is 9.53 Å². The van der Waals surface area contributed by atoms with Crippen LogP contribution < -0.4 is 11.0 Å². The molecule has 27 heavy (non-hydrogen) atoms. The molecule has 0 spiro atoms. The van der Waals surface area contributed by atoms with E-state index in [1.54, 1.807) is 24.4 Å². The van der Waals surface area contributed by atoms with E-state index < -0.39 is 5.97 Å². The van der Waals surface area contributed by atoms with Crippen LogP contribution in [-0.2, 0) is 21.6 Å². The molecule has 6 heteroatoms. The highest BCUT2D eigenvalue weighted by Crippen LogP contribution is 2.25. The standard InChI is InChI=1S/C21H21BN2O3/c1-13(25)27-12-17-18(22)6-5-7-19(17)24-20(26)16-9-8-15(21(2,3)4)10-14(16)11-23-24/h5-11H,12H2,1-4H3. The van der Waals surface area contributed by atoms with E-state index in [4.69, 9.17) is 12.6 Å². The Bertz CT molecular complexity index is 1080. The Hall–Kier alpha value is -2.89. The van der Waals surface area contributed by atoms with Crippen molar-refractivity contribution >= 4 is 30.1 Å². The number of nitrogens with zero attached hydrogens (tertiary/aromatic N) is 2. The summed E-state index contributed by atoms with van der Waals surface area (Å²) in [5.41, 5.74) is 2.35. The van der Waals surface area contributed by atoms with E-state index in [1.165, 1.54) is 11.6 Å². The van der Waals surface area contributed by atoms with Gasteiger partial charge in [-0.3, -0.25) is 9.59 Å². The first-order valence-corrected chi connectivity index (χ1v) is 8.72. The first kappa shape index (κ1) is 18.9. The fourth-order valence-corrected chi connectivity index (χ4v) is 2.91. The van der Waals surface area contributed by atoms with Crippen molar-refractivity contribution in [3.63, 3.8) is 0 Å². The Morgan fingerprint density at radius 3 is 2.63 bits per heavy atom. The molecule has 0 N–H and O–H groups in total. The Balaban J connectivity index is 2.16. The van der Waals surface area contributed by atoms with Crippen LogP contribution in [-0.4, -0.2) is 23.6 Å². The zero-order valence-corrected chi connectivity index (χ0v) is 15.9. The fourth-order valence-electron chi connectivity index (χ4n) is 2.91. The van der Waals surface area contributed by atoms with E-state index in [0.717, 1.165) is 10.9 Å². The van der Waals surface area contributed by atoms with E-state index in [2.05, 4.69) is 25.9 Å². The molecule has 136 valence electrons. The summed E-state index contributed by atoms with van der Waals surface area (Å²) in [7, 11) is 6.04. The number of rotatable bonds is 3. The maximum atomic E-state index is 13.0. The Morgan fingerprint density at radius 1 is 1.22 bits per heavy atom. The van der Waals surface area contributed by atoms with Gasteiger partial charge < -0.3 is 4.74 Å². The Labute approximate surface area is 159 Å². The first-order valence-electron chi connectivity index (χ1n) is 8.72. The van der Waals surface area contributed by atoms with Crippen molar-refractivity contribution in [1.82, 2.24) is 9.78 Å². The highest BCUT2D eigenvalue weighted by molar-refractivity contribution is 6.33. The summed E-state index contributed by atoms with van der Waals surface area (Å²) in [6.07, 6.45) is 1.67. The maximum absolute atomic E-state index is 13.0. The van der Waals surface area contributed by atoms with Gasteiger partial charge in [0.25, 0.3) is 5.56 Å². The van der Waals surface area contributed by atoms with Crippen LogP contribution in [0.25, 0.3) is 16.5 Å². The fraction of sp³-hybridized carbons (Fsp3) is 0.286. The molecule has 0 bridgehead atoms. The SMILES string of the molecule is [B]c1cccc(-n2ncc3cc(C(C)(C)C)ccc3c2=O)c1COC(C)=O. The zero-order chi connectivity index (χ0) is 19.8. The average Bonchev–Trinajstić information content (AvgIpc) is 2.60. The van der Waals surface area contributed by atoms with E-state index in [0.29, 0.717) is 22.1 Å². The van der Waals surface area contributed by atoms with Gasteiger partial charge in [-0.2, -0.15) is 9.78 Å². The number of esters is 1. The minimum Gasteiger partial charge on any atom is -0.461 e. The summed E-state index contributed by atoms with van der Waals surface area (Å²) < 4.78 is 6.39. The van der Waals surface area contributed by atoms with Gasteiger partial charge in [-0.15, -0.1) is 0 Å². The van der Waals surface area contributed by atoms with Gasteiger partial charge in [0.05, 0.1) is 17.3 Å². The van der Waals surface area contributed by atoms with Crippen LogP contribution in [0.1, 0.15) is 38.8 Å². The quantitative estimate of drug-likeness (QED) is 0.532. The van der Waals surface area contributed by atoms with Crippen LogP contribution in [0, 0.1) is 0 Å². The van der Waals surface area contributed by atoms with Gasteiger partial charge in [0, 0.05) is 17.9 Å². The minimum absolute atomic E-state index is 0.0197. The molecule has 0 saturated heterocycles. The largest absolute Gasteiger partial charge is 0.461 e. The van der Waals surface area contributed by atoms with E-state index in [1.807, 2.05) is 18.2 Å². The summed E-state index contributed by atoms with van der Waals surface area (Å²) in [6.45, 7) is 7.67. The second kappa shape index (κ2) is 7.03. The predicted molar refractivity (Wildman–Crippen MR) is 107 cm³/mol. The summed E-state index contributed by atoms with van der Waals surface area (Å²) in [5, 5.41) is 5.69. The highest BCUT2D eigenvalue weighted by Gasteiger charge is 2.16. The number of benzene rings is 2. The Morgan fingerprint density at radius 2 is 1.96 bits per heavy atom. The molecule has 0 fully saturated rings. The summed E-state index contributed by atoms with van der Waals surface area (Å²) in [6, 6.07) is 11.0. The third-order valence-corrected chi connectivity index (χ3v) is 4.49. The number of hydrogen-bond acceptors (Lipinski definition) is 4. The van der Waals surface area contributed by atoms with Gasteiger partial charge in [0.1, 0.15) is 14.5 Å². The summed E-state index contributed by atoms with van der Waals surface area (Å²) in [5.74, 6) is -0.419. The smallest absolute Gasteiger partial charge is 0.302 e. The molecule has 0 aliphatic heterocycles. The normalized spacial score (nSPS) is 11.6. The molecule has 3 rings (SSSR count). The molecule has 0 atom stereocenters. The van der Waals surface area contributed by atoms with Crippen LogP contribution in [0.2, 0.25) is 0 Å². The number of fused-ring (bicyclic) bond motifs is 1. The average molecular weight is 360 g/mol. The lowest BCUT2D eigenvalue weighted by molar-refractivity contribution is -0.142. The summed E-state index contributed by atoms with van der Waals surface area (Å²) in [4.78, 5) is 24.2. The second-order valence-corrected chi connectivity index (χ2v) is 7.54. The second-order valence-electron chi connectivity index (χ2n) is 7.54. The molecular weight excluding hydrogens is 339 g/mol. The predicted octanol–water partition coefficient (Wildman–Crippen LogP) is 2.54. The molecule has 1 heterocycles. The van der Waals surface area contributed by atoms with E-state index in [-0.39, 0.29) is 17.6 Å². The van der Waals surface area contributed by atoms with Crippen molar-refractivity contribution in [3.05, 3.63) is 64.1 Å². The lowest BCUT2D eigenvalue weighted by atomic mass is 9.86. The van der Waals surface area contributed by atoms with Gasteiger partial charge in [-0.05, 0) is 29.2 Å². The van der Waals surface area contributed by atoms with Gasteiger partial charge in [0.2, 0.25) is 0 Å². The van der Waals surface area contributed by atoms with Gasteiger partial charge in [-0.1, -0.05) is 44.4 Å². The lowest BCUT2D eigenvalue weighted by Crippen LogP contribution is -2.25. The minimum atomic E-state index is -0.419. The lowest BCUT2D eigenvalue weighted by Gasteiger charge is -2.19. The molecule has 0 unspecified atom stereocenters. The molecule has 1 aromatic heterocycles. The number of ether oxygens (including phenoxy) is 1. The van der Waals surface area contributed by atoms with Crippen LogP contribution in [0.3, 0.4) is 0 Å². The van der Waals surface area contributed by atoms with Crippen LogP contribution in [0.4, 0.5) is 0 Å². The number of hydrogen-bond donors (Lipinski definition) is 0. The third-order valence-electron chi connectivity index (χ3n) is 4.49. The van der Waals surface area contributed by atoms with Gasteiger partial charge in [0.15, 0.2) is 0 Å². The number of carbonyl (C=O) groups is 1. The van der Waals surface area contributed by atoms with E-state index in [9.17, 15) is 9.59 Å². The molecular formula is C21H21BN2O3. The topological polar surface area (TPSA) is 61.2 Å². The van der Waals surface area contributed by atoms with Crippen LogP contribution in [0.5, 0.6) is 0 Å². The highest BCUT2D eigenvalue weighted by atomic mass is 16.5. The van der Waals surface area contributed by atoms with Gasteiger partial charge >= 0.3 is 5.97 Å². The monoisotopic (exact) mass is 360 g/mol. The maximum Gasteiger partial charge on any atom is 0.302 e. The molecule has 2 aromatic carbocycles. The van der Waals surface area contributed by atoms with Crippen molar-refractivity contribution in [1.29, 1.82) is 0 Å². The van der Waals surface area contributed by atoms with Crippen LogP contribution >= 0.6 is 0 Å². The van der Waals surface area contributed by atoms with Gasteiger partial charge in [-0.25, -0.2) is 0 Å². The molecule has 5 nitrogen and oxygen atoms in total. The van der Waals surface area contributed by atoms with Crippen molar-refractivity contribution in [2.45, 2.75) is 39.7 Å². The Kier molecular flexibility index (Phi) is 4.92. The van der Waals surface area contributed by atoms with Crippen molar-refractivity contribution in [2.75, 3.05) is 0 Å². The molecule has 2 radical (unpaired) electrons. The molecule has 0 amide bonds. The number of aromatic nitrogens is 2. The van der Waals surface area contributed by atoms with Crippen LogP contribution in [0.15, 0.2) is 47.4 Å². The zero-order valence-electron chi connectivity index (χ0n) is 15.9. The molecule has 0 saturated carbocycles. The molecule has 0 aliphatic carbocycles. The van der Waals surface area contributed by atoms with Crippen molar-refractivity contribution in [3.8, 4) is 5.69 Å². The number of carbonyl (C=O) groups excluding carboxylic acids is 1. The molecule has 3 aromatic rings. The summed E-state index contributed by atoms with van der Waals surface area (Å²) >= 11 is 0. The molecule has 0 aliphatic rings.